The van der Waals surface area contributed by atoms with Crippen molar-refractivity contribution in [2.24, 2.45) is 11.1 Å². The monoisotopic (exact) mass is 376 g/mol. The van der Waals surface area contributed by atoms with Crippen molar-refractivity contribution < 1.29 is 13.2 Å². The maximum atomic E-state index is 12.2. The highest BCUT2D eigenvalue weighted by Crippen LogP contribution is 2.25. The average Bonchev–Trinajstić information content (AvgIpc) is 2.41. The molecule has 1 amide bonds. The molecule has 0 radical (unpaired) electrons. The van der Waals surface area contributed by atoms with Crippen molar-refractivity contribution in [2.75, 3.05) is 6.54 Å². The Hall–Kier alpha value is -0.920. The second-order valence-corrected chi connectivity index (χ2v) is 7.40. The minimum atomic E-state index is -3.86. The molecule has 0 heterocycles. The number of amides is 1. The fourth-order valence-corrected chi connectivity index (χ4v) is 3.42. The quantitative estimate of drug-likeness (QED) is 0.799. The lowest BCUT2D eigenvalue weighted by molar-refractivity contribution is 0.0946. The number of rotatable bonds is 6. The van der Waals surface area contributed by atoms with E-state index in [1.807, 2.05) is 0 Å². The van der Waals surface area contributed by atoms with Crippen molar-refractivity contribution in [1.82, 2.24) is 5.32 Å². The van der Waals surface area contributed by atoms with Crippen molar-refractivity contribution in [1.29, 1.82) is 0 Å². The Morgan fingerprint density at radius 2 is 1.90 bits per heavy atom. The Labute approximate surface area is 134 Å². The first-order chi connectivity index (χ1) is 9.70. The maximum Gasteiger partial charge on any atom is 0.251 e. The van der Waals surface area contributed by atoms with Gasteiger partial charge in [-0.2, -0.15) is 0 Å². The smallest absolute Gasteiger partial charge is 0.251 e. The summed E-state index contributed by atoms with van der Waals surface area (Å²) >= 11 is 3.27. The van der Waals surface area contributed by atoms with Gasteiger partial charge >= 0.3 is 0 Å². The van der Waals surface area contributed by atoms with E-state index in [0.717, 1.165) is 12.8 Å². The molecule has 0 fully saturated rings. The third-order valence-corrected chi connectivity index (χ3v) is 5.43. The molecule has 3 N–H and O–H groups in total. The first-order valence-corrected chi connectivity index (χ1v) is 9.15. The van der Waals surface area contributed by atoms with E-state index >= 15 is 0 Å². The summed E-state index contributed by atoms with van der Waals surface area (Å²) in [6.45, 7) is 6.35. The number of benzene rings is 1. The van der Waals surface area contributed by atoms with Crippen LogP contribution in [0, 0.1) is 12.8 Å². The van der Waals surface area contributed by atoms with Crippen LogP contribution in [0.4, 0.5) is 0 Å². The van der Waals surface area contributed by atoms with Crippen molar-refractivity contribution in [3.8, 4) is 0 Å². The third kappa shape index (κ3) is 4.79. The number of primary sulfonamides is 1. The summed E-state index contributed by atoms with van der Waals surface area (Å²) in [6.07, 6.45) is 1.97. The van der Waals surface area contributed by atoms with E-state index in [2.05, 4.69) is 35.1 Å². The molecule has 1 rings (SSSR count). The standard InChI is InChI=1S/C14H21BrN2O3S/c1-4-10(5-2)8-17-14(18)11-6-12(15)9(3)13(7-11)21(16,19)20/h6-7,10H,4-5,8H2,1-3H3,(H,17,18)(H2,16,19,20). The second-order valence-electron chi connectivity index (χ2n) is 5.02. The van der Waals surface area contributed by atoms with Gasteiger partial charge in [0.05, 0.1) is 4.90 Å². The molecule has 0 aliphatic rings. The first kappa shape index (κ1) is 18.1. The number of hydrogen-bond donors (Lipinski definition) is 2. The molecule has 0 aliphatic carbocycles. The number of sulfonamides is 1. The zero-order valence-electron chi connectivity index (χ0n) is 12.4. The molecule has 0 bridgehead atoms. The summed E-state index contributed by atoms with van der Waals surface area (Å²) in [6, 6.07) is 2.92. The lowest BCUT2D eigenvalue weighted by Crippen LogP contribution is -2.29. The highest BCUT2D eigenvalue weighted by atomic mass is 79.9. The fourth-order valence-electron chi connectivity index (χ4n) is 2.00. The molecule has 0 unspecified atom stereocenters. The lowest BCUT2D eigenvalue weighted by atomic mass is 10.0. The van der Waals surface area contributed by atoms with Gasteiger partial charge in [-0.3, -0.25) is 4.79 Å². The van der Waals surface area contributed by atoms with E-state index < -0.39 is 10.0 Å². The maximum absolute atomic E-state index is 12.2. The summed E-state index contributed by atoms with van der Waals surface area (Å²) in [5.74, 6) is 0.119. The molecule has 0 atom stereocenters. The van der Waals surface area contributed by atoms with Crippen LogP contribution >= 0.6 is 15.9 Å². The van der Waals surface area contributed by atoms with Gasteiger partial charge in [0.2, 0.25) is 10.0 Å². The van der Waals surface area contributed by atoms with Crippen LogP contribution in [0.3, 0.4) is 0 Å². The Balaban J connectivity index is 3.04. The summed E-state index contributed by atoms with van der Waals surface area (Å²) in [5.41, 5.74) is 0.775. The second kappa shape index (κ2) is 7.38. The molecular weight excluding hydrogens is 356 g/mol. The number of hydrogen-bond acceptors (Lipinski definition) is 3. The normalized spacial score (nSPS) is 11.7. The molecule has 21 heavy (non-hydrogen) atoms. The zero-order chi connectivity index (χ0) is 16.2. The van der Waals surface area contributed by atoms with Crippen molar-refractivity contribution in [2.45, 2.75) is 38.5 Å². The van der Waals surface area contributed by atoms with E-state index in [9.17, 15) is 13.2 Å². The highest BCUT2D eigenvalue weighted by molar-refractivity contribution is 9.10. The van der Waals surface area contributed by atoms with E-state index in [1.165, 1.54) is 6.07 Å². The Morgan fingerprint density at radius 1 is 1.33 bits per heavy atom. The number of nitrogens with two attached hydrogens (primary N) is 1. The minimum Gasteiger partial charge on any atom is -0.352 e. The molecule has 1 aromatic rings. The Bertz CT molecular complexity index is 625. The van der Waals surface area contributed by atoms with Gasteiger partial charge in [0.1, 0.15) is 0 Å². The van der Waals surface area contributed by atoms with Gasteiger partial charge in [0.15, 0.2) is 0 Å². The van der Waals surface area contributed by atoms with E-state index in [0.29, 0.717) is 22.5 Å². The molecule has 1 aromatic carbocycles. The predicted octanol–water partition coefficient (Wildman–Crippen LogP) is 2.57. The van der Waals surface area contributed by atoms with E-state index in [1.54, 1.807) is 13.0 Å². The molecule has 0 saturated carbocycles. The van der Waals surface area contributed by atoms with Crippen LogP contribution in [0.15, 0.2) is 21.5 Å². The molecule has 5 nitrogen and oxygen atoms in total. The van der Waals surface area contributed by atoms with E-state index in [-0.39, 0.29) is 16.4 Å². The highest BCUT2D eigenvalue weighted by Gasteiger charge is 2.18. The molecule has 7 heteroatoms. The van der Waals surface area contributed by atoms with Gasteiger partial charge in [-0.05, 0) is 30.5 Å². The topological polar surface area (TPSA) is 89.3 Å². The van der Waals surface area contributed by atoms with E-state index in [4.69, 9.17) is 5.14 Å². The predicted molar refractivity (Wildman–Crippen MR) is 86.7 cm³/mol. The summed E-state index contributed by atoms with van der Waals surface area (Å²) < 4.78 is 23.7. The van der Waals surface area contributed by atoms with Crippen molar-refractivity contribution in [3.05, 3.63) is 27.7 Å². The minimum absolute atomic E-state index is 0.0374. The molecule has 0 aromatic heterocycles. The van der Waals surface area contributed by atoms with Gasteiger partial charge in [0, 0.05) is 16.6 Å². The van der Waals surface area contributed by atoms with Gasteiger partial charge in [-0.15, -0.1) is 0 Å². The Morgan fingerprint density at radius 3 is 2.38 bits per heavy atom. The molecular formula is C14H21BrN2O3S. The van der Waals surface area contributed by atoms with Gasteiger partial charge in [-0.25, -0.2) is 13.6 Å². The average molecular weight is 377 g/mol. The molecule has 0 aliphatic heterocycles. The Kier molecular flexibility index (Phi) is 6.37. The fraction of sp³-hybridized carbons (Fsp3) is 0.500. The van der Waals surface area contributed by atoms with Crippen molar-refractivity contribution in [3.63, 3.8) is 0 Å². The molecule has 118 valence electrons. The third-order valence-electron chi connectivity index (χ3n) is 3.57. The SMILES string of the molecule is CCC(CC)CNC(=O)c1cc(Br)c(C)c(S(N)(=O)=O)c1. The largest absolute Gasteiger partial charge is 0.352 e. The van der Waals surface area contributed by atoms with Crippen LogP contribution in [-0.2, 0) is 10.0 Å². The van der Waals surface area contributed by atoms with Crippen molar-refractivity contribution >= 4 is 31.9 Å². The number of carbonyl (C=O) groups is 1. The molecule has 0 spiro atoms. The summed E-state index contributed by atoms with van der Waals surface area (Å²) in [7, 11) is -3.86. The summed E-state index contributed by atoms with van der Waals surface area (Å²) in [5, 5.41) is 8.01. The first-order valence-electron chi connectivity index (χ1n) is 6.81. The summed E-state index contributed by atoms with van der Waals surface area (Å²) in [4.78, 5) is 12.1. The van der Waals surface area contributed by atoms with Crippen LogP contribution in [0.2, 0.25) is 0 Å². The van der Waals surface area contributed by atoms with Crippen LogP contribution in [0.25, 0.3) is 0 Å². The zero-order valence-corrected chi connectivity index (χ0v) is 14.8. The van der Waals surface area contributed by atoms with Crippen LogP contribution in [0.5, 0.6) is 0 Å². The molecule has 0 saturated heterocycles. The lowest BCUT2D eigenvalue weighted by Gasteiger charge is -2.14. The van der Waals surface area contributed by atoms with Gasteiger partial charge in [-0.1, -0.05) is 42.6 Å². The van der Waals surface area contributed by atoms with Crippen LogP contribution in [0.1, 0.15) is 42.6 Å². The number of nitrogens with one attached hydrogen (secondary N) is 1. The number of halogens is 1. The van der Waals surface area contributed by atoms with Crippen LogP contribution in [-0.4, -0.2) is 20.9 Å². The van der Waals surface area contributed by atoms with Gasteiger partial charge in [0.25, 0.3) is 5.91 Å². The van der Waals surface area contributed by atoms with Gasteiger partial charge < -0.3 is 5.32 Å². The van der Waals surface area contributed by atoms with Crippen LogP contribution < -0.4 is 10.5 Å². The number of carbonyl (C=O) groups excluding carboxylic acids is 1.